The van der Waals surface area contributed by atoms with Gasteiger partial charge >= 0.3 is 0 Å². The van der Waals surface area contributed by atoms with Crippen LogP contribution in [0, 0.1) is 11.8 Å². The van der Waals surface area contributed by atoms with Gasteiger partial charge in [0.2, 0.25) is 0 Å². The third kappa shape index (κ3) is 2.34. The number of anilines is 1. The zero-order chi connectivity index (χ0) is 9.68. The Hall–Kier alpha value is -1.76. The van der Waals surface area contributed by atoms with Gasteiger partial charge in [0.25, 0.3) is 5.56 Å². The van der Waals surface area contributed by atoms with Crippen molar-refractivity contribution in [3.63, 3.8) is 0 Å². The molecule has 0 aliphatic rings. The highest BCUT2D eigenvalue weighted by molar-refractivity contribution is 5.32. The summed E-state index contributed by atoms with van der Waals surface area (Å²) in [5, 5.41) is 2.84. The highest BCUT2D eigenvalue weighted by Crippen LogP contribution is 1.89. The monoisotopic (exact) mass is 177 g/mol. The second kappa shape index (κ2) is 4.31. The van der Waals surface area contributed by atoms with Crippen LogP contribution >= 0.6 is 0 Å². The van der Waals surface area contributed by atoms with Crippen molar-refractivity contribution in [1.29, 1.82) is 0 Å². The predicted octanol–water partition coefficient (Wildman–Crippen LogP) is 0.215. The van der Waals surface area contributed by atoms with Gasteiger partial charge in [0, 0.05) is 19.4 Å². The van der Waals surface area contributed by atoms with Gasteiger partial charge in [-0.2, -0.15) is 0 Å². The molecule has 0 radical (unpaired) electrons. The minimum absolute atomic E-state index is 0.139. The molecule has 68 valence electrons. The molecule has 0 bridgehead atoms. The first-order valence-corrected chi connectivity index (χ1v) is 3.91. The fourth-order valence-corrected chi connectivity index (χ4v) is 0.835. The number of hydrogen-bond acceptors (Lipinski definition) is 3. The number of nitrogens with zero attached hydrogens (tertiary/aromatic N) is 2. The molecule has 0 spiro atoms. The Morgan fingerprint density at radius 1 is 1.69 bits per heavy atom. The van der Waals surface area contributed by atoms with Gasteiger partial charge in [-0.15, -0.1) is 5.92 Å². The van der Waals surface area contributed by atoms with E-state index >= 15 is 0 Å². The first kappa shape index (κ1) is 9.33. The number of hydrogen-bond donors (Lipinski definition) is 1. The lowest BCUT2D eigenvalue weighted by atomic mass is 10.5. The van der Waals surface area contributed by atoms with Crippen LogP contribution in [-0.2, 0) is 7.05 Å². The van der Waals surface area contributed by atoms with E-state index in [1.807, 2.05) is 0 Å². The van der Waals surface area contributed by atoms with Crippen LogP contribution in [0.1, 0.15) is 6.92 Å². The minimum Gasteiger partial charge on any atom is -0.355 e. The third-order valence-electron chi connectivity index (χ3n) is 1.54. The molecule has 0 unspecified atom stereocenters. The van der Waals surface area contributed by atoms with Crippen molar-refractivity contribution in [2.75, 3.05) is 11.9 Å². The second-order valence-electron chi connectivity index (χ2n) is 2.47. The predicted molar refractivity (Wildman–Crippen MR) is 51.4 cm³/mol. The van der Waals surface area contributed by atoms with Crippen LogP contribution in [-0.4, -0.2) is 16.1 Å². The lowest BCUT2D eigenvalue weighted by molar-refractivity contribution is 0.842. The zero-order valence-corrected chi connectivity index (χ0v) is 7.66. The van der Waals surface area contributed by atoms with Crippen LogP contribution in [0.2, 0.25) is 0 Å². The molecule has 13 heavy (non-hydrogen) atoms. The summed E-state index contributed by atoms with van der Waals surface area (Å²) in [4.78, 5) is 15.3. The van der Waals surface area contributed by atoms with Gasteiger partial charge in [-0.3, -0.25) is 4.79 Å². The van der Waals surface area contributed by atoms with Crippen LogP contribution in [0.25, 0.3) is 0 Å². The molecular formula is C9H11N3O. The summed E-state index contributed by atoms with van der Waals surface area (Å²) in [6, 6.07) is 0. The smallest absolute Gasteiger partial charge is 0.293 e. The van der Waals surface area contributed by atoms with Crippen LogP contribution in [0.15, 0.2) is 17.2 Å². The van der Waals surface area contributed by atoms with Crippen molar-refractivity contribution in [2.45, 2.75) is 6.92 Å². The van der Waals surface area contributed by atoms with Gasteiger partial charge in [0.1, 0.15) is 0 Å². The summed E-state index contributed by atoms with van der Waals surface area (Å²) in [5.41, 5.74) is -0.139. The van der Waals surface area contributed by atoms with Gasteiger partial charge in [0.05, 0.1) is 6.54 Å². The molecule has 1 heterocycles. The first-order valence-electron chi connectivity index (χ1n) is 3.91. The number of aryl methyl sites for hydroxylation is 1. The lowest BCUT2D eigenvalue weighted by Crippen LogP contribution is -2.21. The van der Waals surface area contributed by atoms with Gasteiger partial charge < -0.3 is 9.88 Å². The summed E-state index contributed by atoms with van der Waals surface area (Å²) in [6.07, 6.45) is 3.18. The van der Waals surface area contributed by atoms with Gasteiger partial charge in [-0.25, -0.2) is 4.98 Å². The standard InChI is InChI=1S/C9H11N3O/c1-3-4-5-10-8-9(13)12(2)7-6-11-8/h6-7H,5H2,1-2H3,(H,10,11). The number of rotatable bonds is 2. The van der Waals surface area contributed by atoms with E-state index in [-0.39, 0.29) is 5.56 Å². The minimum atomic E-state index is -0.139. The molecular weight excluding hydrogens is 166 g/mol. The van der Waals surface area contributed by atoms with Crippen LogP contribution in [0.4, 0.5) is 5.82 Å². The molecule has 4 heteroatoms. The largest absolute Gasteiger partial charge is 0.355 e. The van der Waals surface area contributed by atoms with E-state index in [4.69, 9.17) is 0 Å². The molecule has 0 aromatic carbocycles. The Bertz CT molecular complexity index is 397. The maximum absolute atomic E-state index is 11.4. The normalized spacial score (nSPS) is 8.77. The fourth-order valence-electron chi connectivity index (χ4n) is 0.835. The summed E-state index contributed by atoms with van der Waals surface area (Å²) >= 11 is 0. The summed E-state index contributed by atoms with van der Waals surface area (Å²) < 4.78 is 1.47. The second-order valence-corrected chi connectivity index (χ2v) is 2.47. The Kier molecular flexibility index (Phi) is 3.09. The van der Waals surface area contributed by atoms with E-state index in [1.165, 1.54) is 4.57 Å². The van der Waals surface area contributed by atoms with Gasteiger partial charge in [-0.1, -0.05) is 5.92 Å². The zero-order valence-electron chi connectivity index (χ0n) is 7.66. The van der Waals surface area contributed by atoms with Crippen molar-refractivity contribution in [1.82, 2.24) is 9.55 Å². The highest BCUT2D eigenvalue weighted by atomic mass is 16.1. The SMILES string of the molecule is CC#CCNc1nccn(C)c1=O. The van der Waals surface area contributed by atoms with Crippen molar-refractivity contribution in [3.05, 3.63) is 22.7 Å². The van der Waals surface area contributed by atoms with Gasteiger partial charge in [-0.05, 0) is 6.92 Å². The number of nitrogens with one attached hydrogen (secondary N) is 1. The van der Waals surface area contributed by atoms with Crippen molar-refractivity contribution in [2.24, 2.45) is 7.05 Å². The van der Waals surface area contributed by atoms with Crippen molar-refractivity contribution < 1.29 is 0 Å². The molecule has 1 aromatic rings. The molecule has 0 fully saturated rings. The molecule has 0 saturated heterocycles. The van der Waals surface area contributed by atoms with E-state index < -0.39 is 0 Å². The molecule has 1 aromatic heterocycles. The summed E-state index contributed by atoms with van der Waals surface area (Å²) in [6.45, 7) is 2.20. The molecule has 0 saturated carbocycles. The molecule has 0 aliphatic carbocycles. The topological polar surface area (TPSA) is 46.9 Å². The average molecular weight is 177 g/mol. The van der Waals surface area contributed by atoms with E-state index in [9.17, 15) is 4.79 Å². The first-order chi connectivity index (χ1) is 6.25. The Morgan fingerprint density at radius 3 is 3.15 bits per heavy atom. The van der Waals surface area contributed by atoms with E-state index in [2.05, 4.69) is 22.1 Å². The number of aromatic nitrogens is 2. The van der Waals surface area contributed by atoms with E-state index in [1.54, 1.807) is 26.4 Å². The molecule has 1 rings (SSSR count). The molecule has 0 amide bonds. The highest BCUT2D eigenvalue weighted by Gasteiger charge is 1.98. The third-order valence-corrected chi connectivity index (χ3v) is 1.54. The molecule has 0 atom stereocenters. The van der Waals surface area contributed by atoms with Crippen LogP contribution < -0.4 is 10.9 Å². The Balaban J connectivity index is 2.81. The van der Waals surface area contributed by atoms with Crippen LogP contribution in [0.5, 0.6) is 0 Å². The van der Waals surface area contributed by atoms with E-state index in [0.717, 1.165) is 0 Å². The molecule has 4 nitrogen and oxygen atoms in total. The van der Waals surface area contributed by atoms with Crippen molar-refractivity contribution in [3.8, 4) is 11.8 Å². The lowest BCUT2D eigenvalue weighted by Gasteiger charge is -2.01. The van der Waals surface area contributed by atoms with Crippen molar-refractivity contribution >= 4 is 5.82 Å². The molecule has 1 N–H and O–H groups in total. The maximum Gasteiger partial charge on any atom is 0.293 e. The summed E-state index contributed by atoms with van der Waals surface area (Å²) in [5.74, 6) is 5.86. The summed E-state index contributed by atoms with van der Waals surface area (Å²) in [7, 11) is 1.68. The van der Waals surface area contributed by atoms with Gasteiger partial charge in [0.15, 0.2) is 5.82 Å². The molecule has 0 aliphatic heterocycles. The maximum atomic E-state index is 11.4. The Labute approximate surface area is 76.6 Å². The average Bonchev–Trinajstić information content (AvgIpc) is 2.13. The Morgan fingerprint density at radius 2 is 2.46 bits per heavy atom. The van der Waals surface area contributed by atoms with Crippen LogP contribution in [0.3, 0.4) is 0 Å². The quantitative estimate of drug-likeness (QED) is 0.657. The van der Waals surface area contributed by atoms with E-state index in [0.29, 0.717) is 12.4 Å². The fraction of sp³-hybridized carbons (Fsp3) is 0.333.